The average Bonchev–Trinajstić information content (AvgIpc) is 3.12. The molecule has 0 aliphatic heterocycles. The van der Waals surface area contributed by atoms with E-state index in [1.807, 2.05) is 62.4 Å². The van der Waals surface area contributed by atoms with Gasteiger partial charge in [-0.25, -0.2) is 0 Å². The smallest absolute Gasteiger partial charge is 0.260 e. The van der Waals surface area contributed by atoms with Gasteiger partial charge in [0.05, 0.1) is 13.2 Å². The van der Waals surface area contributed by atoms with Gasteiger partial charge >= 0.3 is 0 Å². The highest BCUT2D eigenvalue weighted by Gasteiger charge is 2.22. The number of hydrogen-bond acceptors (Lipinski definition) is 5. The van der Waals surface area contributed by atoms with E-state index in [9.17, 15) is 4.79 Å². The minimum Gasteiger partial charge on any atom is -0.383 e. The van der Waals surface area contributed by atoms with Crippen LogP contribution in [0.5, 0.6) is 0 Å². The van der Waals surface area contributed by atoms with Gasteiger partial charge in [-0.2, -0.15) is 0 Å². The van der Waals surface area contributed by atoms with Crippen LogP contribution < -0.4 is 4.90 Å². The molecule has 0 saturated heterocycles. The number of benzene rings is 2. The summed E-state index contributed by atoms with van der Waals surface area (Å²) in [6.45, 7) is 4.88. The number of ether oxygens (including phenoxy) is 1. The summed E-state index contributed by atoms with van der Waals surface area (Å²) in [4.78, 5) is 14.6. The van der Waals surface area contributed by atoms with E-state index in [-0.39, 0.29) is 5.91 Å². The number of amides is 1. The molecule has 3 rings (SSSR count). The summed E-state index contributed by atoms with van der Waals surface area (Å²) in [7, 11) is 1.62. The molecule has 0 bridgehead atoms. The lowest BCUT2D eigenvalue weighted by atomic mass is 10.1. The van der Waals surface area contributed by atoms with Crippen LogP contribution in [0.25, 0.3) is 10.6 Å². The van der Waals surface area contributed by atoms with Gasteiger partial charge in [-0.05, 0) is 31.5 Å². The lowest BCUT2D eigenvalue weighted by Gasteiger charge is -2.19. The zero-order valence-electron chi connectivity index (χ0n) is 15.1. The van der Waals surface area contributed by atoms with Crippen molar-refractivity contribution in [1.82, 2.24) is 10.2 Å². The van der Waals surface area contributed by atoms with Crippen LogP contribution in [0.2, 0.25) is 0 Å². The molecule has 0 aliphatic rings. The van der Waals surface area contributed by atoms with Gasteiger partial charge in [-0.1, -0.05) is 53.3 Å². The zero-order chi connectivity index (χ0) is 18.5. The van der Waals surface area contributed by atoms with Crippen molar-refractivity contribution in [2.24, 2.45) is 0 Å². The van der Waals surface area contributed by atoms with Gasteiger partial charge < -0.3 is 4.74 Å². The van der Waals surface area contributed by atoms with Gasteiger partial charge in [0.25, 0.3) is 5.91 Å². The second-order valence-corrected chi connectivity index (χ2v) is 6.98. The van der Waals surface area contributed by atoms with E-state index in [0.717, 1.165) is 21.7 Å². The Morgan fingerprint density at radius 1 is 1.08 bits per heavy atom. The van der Waals surface area contributed by atoms with E-state index >= 15 is 0 Å². The third-order valence-electron chi connectivity index (χ3n) is 4.08. The second-order valence-electron chi connectivity index (χ2n) is 6.02. The maximum atomic E-state index is 13.0. The molecule has 6 heteroatoms. The topological polar surface area (TPSA) is 55.3 Å². The Morgan fingerprint density at radius 3 is 2.50 bits per heavy atom. The maximum Gasteiger partial charge on any atom is 0.260 e. The minimum atomic E-state index is -0.102. The Balaban J connectivity index is 1.92. The van der Waals surface area contributed by atoms with Crippen LogP contribution in [0.4, 0.5) is 5.13 Å². The lowest BCUT2D eigenvalue weighted by Crippen LogP contribution is -2.33. The molecule has 1 heterocycles. The van der Waals surface area contributed by atoms with Gasteiger partial charge in [0.1, 0.15) is 5.01 Å². The number of hydrogen-bond donors (Lipinski definition) is 0. The average molecular weight is 367 g/mol. The van der Waals surface area contributed by atoms with Crippen molar-refractivity contribution in [2.75, 3.05) is 25.2 Å². The summed E-state index contributed by atoms with van der Waals surface area (Å²) in [6, 6.07) is 15.6. The third kappa shape index (κ3) is 3.98. The van der Waals surface area contributed by atoms with Crippen molar-refractivity contribution in [2.45, 2.75) is 13.8 Å². The number of aromatic nitrogens is 2. The summed E-state index contributed by atoms with van der Waals surface area (Å²) in [5, 5.41) is 9.95. The number of aryl methyl sites for hydroxylation is 2. The van der Waals surface area contributed by atoms with Crippen LogP contribution in [-0.2, 0) is 4.74 Å². The predicted molar refractivity (Wildman–Crippen MR) is 105 cm³/mol. The quantitative estimate of drug-likeness (QED) is 0.658. The Bertz CT molecular complexity index is 890. The molecular formula is C20H21N3O2S. The van der Waals surface area contributed by atoms with Crippen molar-refractivity contribution < 1.29 is 9.53 Å². The molecule has 5 nitrogen and oxygen atoms in total. The molecule has 2 aromatic carbocycles. The summed E-state index contributed by atoms with van der Waals surface area (Å²) >= 11 is 1.41. The van der Waals surface area contributed by atoms with E-state index in [4.69, 9.17) is 4.74 Å². The monoisotopic (exact) mass is 367 g/mol. The van der Waals surface area contributed by atoms with Crippen molar-refractivity contribution in [1.29, 1.82) is 0 Å². The molecule has 0 unspecified atom stereocenters. The standard InChI is InChI=1S/C20H21N3O2S/c1-14-8-10-16(11-9-14)19(24)23(12-13-25-3)20-22-21-18(26-20)17-7-5-4-6-15(17)2/h4-11H,12-13H2,1-3H3. The Labute approximate surface area is 157 Å². The Hall–Kier alpha value is -2.57. The van der Waals surface area contributed by atoms with E-state index < -0.39 is 0 Å². The largest absolute Gasteiger partial charge is 0.383 e. The molecule has 134 valence electrons. The highest BCUT2D eigenvalue weighted by atomic mass is 32.1. The molecule has 1 aromatic heterocycles. The van der Waals surface area contributed by atoms with Gasteiger partial charge in [0.2, 0.25) is 5.13 Å². The summed E-state index contributed by atoms with van der Waals surface area (Å²) in [5.74, 6) is -0.102. The van der Waals surface area contributed by atoms with Crippen LogP contribution in [0.1, 0.15) is 21.5 Å². The van der Waals surface area contributed by atoms with Crippen LogP contribution in [0.3, 0.4) is 0 Å². The van der Waals surface area contributed by atoms with E-state index in [2.05, 4.69) is 10.2 Å². The van der Waals surface area contributed by atoms with Gasteiger partial charge in [0, 0.05) is 18.2 Å². The highest BCUT2D eigenvalue weighted by Crippen LogP contribution is 2.31. The fraction of sp³-hybridized carbons (Fsp3) is 0.250. The number of methoxy groups -OCH3 is 1. The van der Waals surface area contributed by atoms with Gasteiger partial charge in [-0.15, -0.1) is 10.2 Å². The molecule has 26 heavy (non-hydrogen) atoms. The van der Waals surface area contributed by atoms with Crippen molar-refractivity contribution in [3.8, 4) is 10.6 Å². The highest BCUT2D eigenvalue weighted by molar-refractivity contribution is 7.18. The first-order valence-corrected chi connectivity index (χ1v) is 9.19. The number of carbonyl (C=O) groups is 1. The molecule has 0 aliphatic carbocycles. The maximum absolute atomic E-state index is 13.0. The zero-order valence-corrected chi connectivity index (χ0v) is 15.9. The lowest BCUT2D eigenvalue weighted by molar-refractivity contribution is 0.0975. The molecule has 0 atom stereocenters. The van der Waals surface area contributed by atoms with E-state index in [1.165, 1.54) is 11.3 Å². The number of rotatable bonds is 6. The molecule has 0 spiro atoms. The Kier molecular flexibility index (Phi) is 5.75. The molecule has 1 amide bonds. The molecule has 0 N–H and O–H groups in total. The summed E-state index contributed by atoms with van der Waals surface area (Å²) < 4.78 is 5.17. The predicted octanol–water partition coefficient (Wildman–Crippen LogP) is 4.12. The fourth-order valence-corrected chi connectivity index (χ4v) is 3.52. The third-order valence-corrected chi connectivity index (χ3v) is 5.06. The second kappa shape index (κ2) is 8.21. The summed E-state index contributed by atoms with van der Waals surface area (Å²) in [5.41, 5.74) is 3.90. The molecule has 0 fully saturated rings. The SMILES string of the molecule is COCCN(C(=O)c1ccc(C)cc1)c1nnc(-c2ccccc2C)s1. The van der Waals surface area contributed by atoms with Crippen LogP contribution in [0.15, 0.2) is 48.5 Å². The van der Waals surface area contributed by atoms with Gasteiger partial charge in [0.15, 0.2) is 0 Å². The summed E-state index contributed by atoms with van der Waals surface area (Å²) in [6.07, 6.45) is 0. The Morgan fingerprint density at radius 2 is 1.81 bits per heavy atom. The number of nitrogens with zero attached hydrogens (tertiary/aromatic N) is 3. The van der Waals surface area contributed by atoms with Crippen molar-refractivity contribution in [3.05, 3.63) is 65.2 Å². The first-order valence-electron chi connectivity index (χ1n) is 8.37. The molecule has 3 aromatic rings. The van der Waals surface area contributed by atoms with E-state index in [1.54, 1.807) is 12.0 Å². The van der Waals surface area contributed by atoms with Crippen molar-refractivity contribution in [3.63, 3.8) is 0 Å². The number of carbonyl (C=O) groups excluding carboxylic acids is 1. The first-order chi connectivity index (χ1) is 12.6. The van der Waals surface area contributed by atoms with Crippen LogP contribution in [-0.4, -0.2) is 36.4 Å². The molecule has 0 radical (unpaired) electrons. The van der Waals surface area contributed by atoms with E-state index in [0.29, 0.717) is 23.8 Å². The fourth-order valence-electron chi connectivity index (χ4n) is 2.56. The number of anilines is 1. The van der Waals surface area contributed by atoms with Crippen LogP contribution >= 0.6 is 11.3 Å². The molecule has 0 saturated carbocycles. The minimum absolute atomic E-state index is 0.102. The normalized spacial score (nSPS) is 10.7. The van der Waals surface area contributed by atoms with Crippen molar-refractivity contribution >= 4 is 22.4 Å². The molecular weight excluding hydrogens is 346 g/mol. The van der Waals surface area contributed by atoms with Crippen LogP contribution in [0, 0.1) is 13.8 Å². The first kappa shape index (κ1) is 18.2. The van der Waals surface area contributed by atoms with Gasteiger partial charge in [-0.3, -0.25) is 9.69 Å².